The molecule has 0 heterocycles. The number of carboxylic acids is 1. The van der Waals surface area contributed by atoms with Crippen LogP contribution in [-0.4, -0.2) is 53.8 Å². The molecule has 0 aliphatic carbocycles. The maximum Gasteiger partial charge on any atom is 0.321 e. The zero-order valence-electron chi connectivity index (χ0n) is 13.3. The molecule has 0 spiro atoms. The van der Waals surface area contributed by atoms with Gasteiger partial charge in [0.05, 0.1) is 4.92 Å². The van der Waals surface area contributed by atoms with E-state index in [1.54, 1.807) is 0 Å². The molecule has 1 rings (SSSR count). The van der Waals surface area contributed by atoms with Crippen LogP contribution in [0, 0.1) is 15.9 Å². The number of rotatable bonds is 8. The van der Waals surface area contributed by atoms with E-state index in [1.807, 2.05) is 0 Å². The smallest absolute Gasteiger partial charge is 0.321 e. The highest BCUT2D eigenvalue weighted by molar-refractivity contribution is 7.89. The lowest BCUT2D eigenvalue weighted by Gasteiger charge is -2.25. The molecular weight excluding hydrogens is 361 g/mol. The Balaban J connectivity index is 3.44. The number of nitrogens with zero attached hydrogens (tertiary/aromatic N) is 2. The Hall–Kier alpha value is -2.60. The third-order valence-electron chi connectivity index (χ3n) is 3.21. The molecule has 0 aliphatic heterocycles. The molecule has 10 nitrogen and oxygen atoms in total. The van der Waals surface area contributed by atoms with Crippen molar-refractivity contribution < 1.29 is 32.4 Å². The number of hydrogen-bond donors (Lipinski definition) is 2. The summed E-state index contributed by atoms with van der Waals surface area (Å²) in [6.45, 7) is 1.43. The fraction of sp³-hybridized carbons (Fsp3) is 0.385. The summed E-state index contributed by atoms with van der Waals surface area (Å²) >= 11 is 0. The van der Waals surface area contributed by atoms with Crippen LogP contribution in [0.1, 0.15) is 13.8 Å². The molecule has 1 aromatic carbocycles. The standard InChI is InChI=1S/C13H16FN3O7S/c1-8(13(19)20)16(7-6-15-9(2)18)25(23,24)12-10(14)4-3-5-11(12)17(21)22/h3-5,8H,6-7H2,1-2H3,(H,15,18)(H,19,20). The molecule has 12 heteroatoms. The fourth-order valence-electron chi connectivity index (χ4n) is 2.00. The van der Waals surface area contributed by atoms with Gasteiger partial charge in [-0.1, -0.05) is 6.07 Å². The minimum Gasteiger partial charge on any atom is -0.480 e. The van der Waals surface area contributed by atoms with Gasteiger partial charge >= 0.3 is 5.97 Å². The van der Waals surface area contributed by atoms with E-state index in [1.165, 1.54) is 6.92 Å². The maximum absolute atomic E-state index is 14.1. The summed E-state index contributed by atoms with van der Waals surface area (Å²) in [4.78, 5) is 30.8. The van der Waals surface area contributed by atoms with Gasteiger partial charge in [0.25, 0.3) is 15.7 Å². The van der Waals surface area contributed by atoms with Crippen LogP contribution in [0.3, 0.4) is 0 Å². The lowest BCUT2D eigenvalue weighted by atomic mass is 10.3. The van der Waals surface area contributed by atoms with E-state index in [2.05, 4.69) is 5.32 Å². The molecule has 1 unspecified atom stereocenters. The fourth-order valence-corrected chi connectivity index (χ4v) is 3.80. The molecule has 0 fully saturated rings. The lowest BCUT2D eigenvalue weighted by Crippen LogP contribution is -2.47. The van der Waals surface area contributed by atoms with E-state index in [-0.39, 0.29) is 6.54 Å². The van der Waals surface area contributed by atoms with Crippen molar-refractivity contribution in [2.75, 3.05) is 13.1 Å². The Morgan fingerprint density at radius 3 is 2.52 bits per heavy atom. The molecule has 1 aromatic rings. The molecule has 2 N–H and O–H groups in total. The molecule has 0 aliphatic rings. The highest BCUT2D eigenvalue weighted by Crippen LogP contribution is 2.30. The normalized spacial score (nSPS) is 12.6. The van der Waals surface area contributed by atoms with Gasteiger partial charge in [-0.05, 0) is 13.0 Å². The van der Waals surface area contributed by atoms with Crippen LogP contribution in [0.5, 0.6) is 0 Å². The van der Waals surface area contributed by atoms with Gasteiger partial charge in [-0.25, -0.2) is 12.8 Å². The Labute approximate surface area is 142 Å². The number of halogens is 1. The second kappa shape index (κ2) is 7.98. The zero-order chi connectivity index (χ0) is 19.4. The van der Waals surface area contributed by atoms with Crippen molar-refractivity contribution in [3.63, 3.8) is 0 Å². The topological polar surface area (TPSA) is 147 Å². The summed E-state index contributed by atoms with van der Waals surface area (Å²) in [6, 6.07) is 0.845. The van der Waals surface area contributed by atoms with Crippen molar-refractivity contribution in [3.8, 4) is 0 Å². The summed E-state index contributed by atoms with van der Waals surface area (Å²) in [5.74, 6) is -3.40. The van der Waals surface area contributed by atoms with Gasteiger partial charge in [0.1, 0.15) is 11.9 Å². The van der Waals surface area contributed by atoms with Gasteiger partial charge in [0.15, 0.2) is 4.90 Å². The highest BCUT2D eigenvalue weighted by Gasteiger charge is 2.39. The quantitative estimate of drug-likeness (QED) is 0.490. The van der Waals surface area contributed by atoms with Crippen molar-refractivity contribution in [2.45, 2.75) is 24.8 Å². The van der Waals surface area contributed by atoms with Gasteiger partial charge in [0.2, 0.25) is 5.91 Å². The predicted octanol–water partition coefficient (Wildman–Crippen LogP) is 0.334. The van der Waals surface area contributed by atoms with Crippen LogP contribution in [-0.2, 0) is 19.6 Å². The zero-order valence-corrected chi connectivity index (χ0v) is 14.1. The summed E-state index contributed by atoms with van der Waals surface area (Å²) in [5.41, 5.74) is -1.01. The Morgan fingerprint density at radius 2 is 2.04 bits per heavy atom. The summed E-state index contributed by atoms with van der Waals surface area (Å²) in [5, 5.41) is 22.4. The number of benzene rings is 1. The van der Waals surface area contributed by atoms with E-state index < -0.39 is 55.8 Å². The molecule has 138 valence electrons. The summed E-state index contributed by atoms with van der Waals surface area (Å²) < 4.78 is 39.9. The maximum atomic E-state index is 14.1. The predicted molar refractivity (Wildman–Crippen MR) is 82.7 cm³/mol. The van der Waals surface area contributed by atoms with Gasteiger partial charge in [-0.3, -0.25) is 19.7 Å². The number of sulfonamides is 1. The number of nitrogens with one attached hydrogen (secondary N) is 1. The van der Waals surface area contributed by atoms with Crippen LogP contribution < -0.4 is 5.32 Å². The van der Waals surface area contributed by atoms with Crippen molar-refractivity contribution >= 4 is 27.6 Å². The van der Waals surface area contributed by atoms with Gasteiger partial charge in [-0.15, -0.1) is 0 Å². The number of carbonyl (C=O) groups is 2. The second-order valence-electron chi connectivity index (χ2n) is 4.96. The second-order valence-corrected chi connectivity index (χ2v) is 6.79. The summed E-state index contributed by atoms with van der Waals surface area (Å²) in [6.07, 6.45) is 0. The minimum atomic E-state index is -4.87. The number of carboxylic acid groups (broad SMARTS) is 1. The largest absolute Gasteiger partial charge is 0.480 e. The highest BCUT2D eigenvalue weighted by atomic mass is 32.2. The SMILES string of the molecule is CC(=O)NCCN(C(C)C(=O)O)S(=O)(=O)c1c(F)cccc1[N+](=O)[O-]. The molecule has 0 radical (unpaired) electrons. The van der Waals surface area contributed by atoms with Crippen LogP contribution in [0.15, 0.2) is 23.1 Å². The van der Waals surface area contributed by atoms with Crippen molar-refractivity contribution in [3.05, 3.63) is 34.1 Å². The third-order valence-corrected chi connectivity index (χ3v) is 5.24. The molecule has 1 atom stereocenters. The van der Waals surface area contributed by atoms with Crippen LogP contribution >= 0.6 is 0 Å². The van der Waals surface area contributed by atoms with Crippen molar-refractivity contribution in [1.29, 1.82) is 0 Å². The molecule has 25 heavy (non-hydrogen) atoms. The minimum absolute atomic E-state index is 0.256. The van der Waals surface area contributed by atoms with Gasteiger partial charge < -0.3 is 10.4 Å². The molecule has 0 aromatic heterocycles. The average Bonchev–Trinajstić information content (AvgIpc) is 2.49. The lowest BCUT2D eigenvalue weighted by molar-refractivity contribution is -0.388. The first kappa shape index (κ1) is 20.4. The molecule has 0 saturated heterocycles. The molecule has 1 amide bonds. The summed E-state index contributed by atoms with van der Waals surface area (Å²) in [7, 11) is -4.87. The van der Waals surface area contributed by atoms with Gasteiger partial charge in [0, 0.05) is 26.1 Å². The Bertz CT molecular complexity index is 797. The monoisotopic (exact) mass is 377 g/mol. The molecule has 0 bridgehead atoms. The number of hydrogen-bond acceptors (Lipinski definition) is 6. The average molecular weight is 377 g/mol. The van der Waals surface area contributed by atoms with Crippen LogP contribution in [0.25, 0.3) is 0 Å². The first-order chi connectivity index (χ1) is 11.5. The number of amides is 1. The number of carbonyl (C=O) groups excluding carboxylic acids is 1. The Morgan fingerprint density at radius 1 is 1.44 bits per heavy atom. The number of aliphatic carboxylic acids is 1. The Kier molecular flexibility index (Phi) is 6.53. The van der Waals surface area contributed by atoms with Crippen molar-refractivity contribution in [2.24, 2.45) is 0 Å². The van der Waals surface area contributed by atoms with E-state index in [0.717, 1.165) is 25.1 Å². The van der Waals surface area contributed by atoms with E-state index in [0.29, 0.717) is 4.31 Å². The molecule has 0 saturated carbocycles. The number of nitro groups is 1. The van der Waals surface area contributed by atoms with Crippen LogP contribution in [0.2, 0.25) is 0 Å². The molecular formula is C13H16FN3O7S. The van der Waals surface area contributed by atoms with Gasteiger partial charge in [-0.2, -0.15) is 4.31 Å². The number of nitro benzene ring substituents is 1. The van der Waals surface area contributed by atoms with E-state index >= 15 is 0 Å². The van der Waals surface area contributed by atoms with E-state index in [9.17, 15) is 32.5 Å². The first-order valence-corrected chi connectivity index (χ1v) is 8.36. The van der Waals surface area contributed by atoms with E-state index in [4.69, 9.17) is 5.11 Å². The van der Waals surface area contributed by atoms with Crippen molar-refractivity contribution in [1.82, 2.24) is 9.62 Å². The first-order valence-electron chi connectivity index (χ1n) is 6.92. The third kappa shape index (κ3) is 4.70. The van der Waals surface area contributed by atoms with Crippen LogP contribution in [0.4, 0.5) is 10.1 Å².